The highest BCUT2D eigenvalue weighted by Gasteiger charge is 2.11. The molecule has 0 unspecified atom stereocenters. The van der Waals surface area contributed by atoms with Crippen LogP contribution in [-0.4, -0.2) is 18.3 Å². The lowest BCUT2D eigenvalue weighted by Gasteiger charge is -2.10. The third kappa shape index (κ3) is 4.11. The van der Waals surface area contributed by atoms with Gasteiger partial charge in [0.2, 0.25) is 0 Å². The van der Waals surface area contributed by atoms with E-state index in [2.05, 4.69) is 5.32 Å². The fraction of sp³-hybridized carbons (Fsp3) is 0.227. The number of fused-ring (bicyclic) bond motifs is 1. The molecule has 0 fully saturated rings. The zero-order chi connectivity index (χ0) is 20.3. The average Bonchev–Trinajstić information content (AvgIpc) is 2.67. The molecule has 1 N–H and O–H groups in total. The first-order valence-corrected chi connectivity index (χ1v) is 8.99. The summed E-state index contributed by atoms with van der Waals surface area (Å²) in [5.74, 6) is 0.0569. The van der Waals surface area contributed by atoms with Gasteiger partial charge in [0.15, 0.2) is 12.4 Å². The van der Waals surface area contributed by atoms with Gasteiger partial charge in [0.25, 0.3) is 5.91 Å². The van der Waals surface area contributed by atoms with Crippen molar-refractivity contribution < 1.29 is 18.7 Å². The molecule has 0 aliphatic rings. The second kappa shape index (κ2) is 8.08. The third-order valence-electron chi connectivity index (χ3n) is 4.56. The third-order valence-corrected chi connectivity index (χ3v) is 4.56. The van der Waals surface area contributed by atoms with Crippen molar-refractivity contribution in [3.8, 4) is 5.75 Å². The Bertz CT molecular complexity index is 1100. The Hall–Kier alpha value is -3.41. The first-order chi connectivity index (χ1) is 13.4. The van der Waals surface area contributed by atoms with Gasteiger partial charge in [-0.2, -0.15) is 0 Å². The Morgan fingerprint density at radius 3 is 2.46 bits per heavy atom. The second-order valence-corrected chi connectivity index (χ2v) is 6.47. The van der Waals surface area contributed by atoms with Gasteiger partial charge < -0.3 is 14.5 Å². The molecule has 2 aromatic carbocycles. The van der Waals surface area contributed by atoms with E-state index in [0.717, 1.165) is 10.9 Å². The van der Waals surface area contributed by atoms with Gasteiger partial charge in [-0.15, -0.1) is 0 Å². The Labute approximate surface area is 162 Å². The fourth-order valence-electron chi connectivity index (χ4n) is 3.01. The zero-order valence-corrected chi connectivity index (χ0v) is 16.0. The van der Waals surface area contributed by atoms with Crippen LogP contribution in [0.1, 0.15) is 35.3 Å². The van der Waals surface area contributed by atoms with Crippen LogP contribution in [0.5, 0.6) is 5.75 Å². The Morgan fingerprint density at radius 1 is 1.11 bits per heavy atom. The largest absolute Gasteiger partial charge is 0.484 e. The summed E-state index contributed by atoms with van der Waals surface area (Å²) < 4.78 is 10.9. The number of nitrogens with one attached hydrogen (secondary N) is 1. The summed E-state index contributed by atoms with van der Waals surface area (Å²) in [5, 5.41) is 3.55. The summed E-state index contributed by atoms with van der Waals surface area (Å²) in [4.78, 5) is 35.4. The van der Waals surface area contributed by atoms with Crippen molar-refractivity contribution in [1.29, 1.82) is 0 Å². The van der Waals surface area contributed by atoms with Gasteiger partial charge in [0.1, 0.15) is 11.3 Å². The molecule has 0 saturated carbocycles. The van der Waals surface area contributed by atoms with Gasteiger partial charge in [0.05, 0.1) is 0 Å². The minimum Gasteiger partial charge on any atom is -0.484 e. The number of anilines is 1. The van der Waals surface area contributed by atoms with E-state index < -0.39 is 0 Å². The fourth-order valence-corrected chi connectivity index (χ4v) is 3.01. The normalized spacial score (nSPS) is 10.7. The number of hydrogen-bond donors (Lipinski definition) is 1. The molecular weight excluding hydrogens is 358 g/mol. The molecule has 0 bridgehead atoms. The molecule has 1 aromatic heterocycles. The number of carbonyl (C=O) groups excluding carboxylic acids is 2. The molecule has 3 rings (SSSR count). The van der Waals surface area contributed by atoms with E-state index in [9.17, 15) is 14.4 Å². The van der Waals surface area contributed by atoms with E-state index in [0.29, 0.717) is 34.6 Å². The minimum atomic E-state index is -0.351. The summed E-state index contributed by atoms with van der Waals surface area (Å²) in [6, 6.07) is 11.8. The quantitative estimate of drug-likeness (QED) is 0.519. The highest BCUT2D eigenvalue weighted by molar-refractivity contribution is 5.96. The molecule has 0 spiro atoms. The van der Waals surface area contributed by atoms with E-state index in [1.54, 1.807) is 36.4 Å². The summed E-state index contributed by atoms with van der Waals surface area (Å²) in [7, 11) is 0. The maximum absolute atomic E-state index is 12.1. The lowest BCUT2D eigenvalue weighted by atomic mass is 10.0. The maximum atomic E-state index is 12.1. The monoisotopic (exact) mass is 379 g/mol. The van der Waals surface area contributed by atoms with Crippen LogP contribution >= 0.6 is 0 Å². The summed E-state index contributed by atoms with van der Waals surface area (Å²) in [6.07, 6.45) is 0.607. The molecule has 1 heterocycles. The summed E-state index contributed by atoms with van der Waals surface area (Å²) in [5.41, 5.74) is 2.79. The lowest BCUT2D eigenvalue weighted by molar-refractivity contribution is -0.118. The van der Waals surface area contributed by atoms with Crippen LogP contribution in [0.2, 0.25) is 0 Å². The van der Waals surface area contributed by atoms with Crippen molar-refractivity contribution >= 4 is 28.3 Å². The van der Waals surface area contributed by atoms with Crippen molar-refractivity contribution in [1.82, 2.24) is 0 Å². The van der Waals surface area contributed by atoms with Crippen LogP contribution in [0.15, 0.2) is 51.7 Å². The lowest BCUT2D eigenvalue weighted by Crippen LogP contribution is -2.20. The van der Waals surface area contributed by atoms with Crippen molar-refractivity contribution in [2.24, 2.45) is 0 Å². The van der Waals surface area contributed by atoms with Crippen molar-refractivity contribution in [2.75, 3.05) is 11.9 Å². The predicted octanol–water partition coefficient (Wildman–Crippen LogP) is 3.88. The van der Waals surface area contributed by atoms with E-state index >= 15 is 0 Å². The number of benzene rings is 2. The van der Waals surface area contributed by atoms with Crippen LogP contribution in [0.3, 0.4) is 0 Å². The first kappa shape index (κ1) is 19.4. The Kier molecular flexibility index (Phi) is 5.59. The van der Waals surface area contributed by atoms with Crippen LogP contribution in [0.4, 0.5) is 5.69 Å². The topological polar surface area (TPSA) is 85.6 Å². The molecule has 1 amide bonds. The molecule has 0 aliphatic heterocycles. The standard InChI is InChI=1S/C22H21NO5/c1-4-18-13(2)19-10-9-17(11-20(19)28-22(18)26)27-12-21(25)23-16-7-5-15(6-8-16)14(3)24/h5-11H,4,12H2,1-3H3,(H,23,25). The molecule has 0 saturated heterocycles. The van der Waals surface area contributed by atoms with Crippen LogP contribution in [0, 0.1) is 6.92 Å². The van der Waals surface area contributed by atoms with Gasteiger partial charge >= 0.3 is 5.63 Å². The summed E-state index contributed by atoms with van der Waals surface area (Å²) >= 11 is 0. The van der Waals surface area contributed by atoms with Crippen molar-refractivity contribution in [3.05, 3.63) is 69.6 Å². The Morgan fingerprint density at radius 2 is 1.82 bits per heavy atom. The minimum absolute atomic E-state index is 0.0366. The van der Waals surface area contributed by atoms with E-state index in [4.69, 9.17) is 9.15 Å². The maximum Gasteiger partial charge on any atom is 0.339 e. The smallest absolute Gasteiger partial charge is 0.339 e. The molecule has 28 heavy (non-hydrogen) atoms. The number of rotatable bonds is 6. The number of carbonyl (C=O) groups is 2. The van der Waals surface area contributed by atoms with E-state index in [1.807, 2.05) is 19.9 Å². The van der Waals surface area contributed by atoms with E-state index in [1.165, 1.54) is 6.92 Å². The molecule has 6 nitrogen and oxygen atoms in total. The Balaban J connectivity index is 1.68. The molecule has 6 heteroatoms. The number of hydrogen-bond acceptors (Lipinski definition) is 5. The SMILES string of the molecule is CCc1c(C)c2ccc(OCC(=O)Nc3ccc(C(C)=O)cc3)cc2oc1=O. The molecule has 144 valence electrons. The van der Waals surface area contributed by atoms with Gasteiger partial charge in [-0.1, -0.05) is 6.92 Å². The predicted molar refractivity (Wildman–Crippen MR) is 107 cm³/mol. The molecule has 0 atom stereocenters. The van der Waals surface area contributed by atoms with Crippen LogP contribution < -0.4 is 15.7 Å². The number of ether oxygens (including phenoxy) is 1. The van der Waals surface area contributed by atoms with Gasteiger partial charge in [-0.25, -0.2) is 4.79 Å². The average molecular weight is 379 g/mol. The first-order valence-electron chi connectivity index (χ1n) is 8.99. The van der Waals surface area contributed by atoms with Gasteiger partial charge in [-0.05, 0) is 62.2 Å². The number of aryl methyl sites for hydroxylation is 1. The molecular formula is C22H21NO5. The molecule has 3 aromatic rings. The number of ketones is 1. The van der Waals surface area contributed by atoms with Crippen LogP contribution in [0.25, 0.3) is 11.0 Å². The second-order valence-electron chi connectivity index (χ2n) is 6.47. The van der Waals surface area contributed by atoms with Crippen molar-refractivity contribution in [2.45, 2.75) is 27.2 Å². The number of Topliss-reactive ketones (excluding diaryl/α,β-unsaturated/α-hetero) is 1. The van der Waals surface area contributed by atoms with E-state index in [-0.39, 0.29) is 23.9 Å². The van der Waals surface area contributed by atoms with Crippen molar-refractivity contribution in [3.63, 3.8) is 0 Å². The highest BCUT2D eigenvalue weighted by atomic mass is 16.5. The van der Waals surface area contributed by atoms with Gasteiger partial charge in [0, 0.05) is 28.3 Å². The zero-order valence-electron chi connectivity index (χ0n) is 16.0. The van der Waals surface area contributed by atoms with Gasteiger partial charge in [-0.3, -0.25) is 9.59 Å². The highest BCUT2D eigenvalue weighted by Crippen LogP contribution is 2.24. The molecule has 0 radical (unpaired) electrons. The summed E-state index contributed by atoms with van der Waals surface area (Å²) in [6.45, 7) is 5.09. The molecule has 0 aliphatic carbocycles. The van der Waals surface area contributed by atoms with Crippen LogP contribution in [-0.2, 0) is 11.2 Å². The number of amides is 1.